The van der Waals surface area contributed by atoms with Crippen LogP contribution in [0.2, 0.25) is 0 Å². The summed E-state index contributed by atoms with van der Waals surface area (Å²) in [7, 11) is 4.10. The lowest BCUT2D eigenvalue weighted by atomic mass is 10.1. The predicted octanol–water partition coefficient (Wildman–Crippen LogP) is 1.31. The van der Waals surface area contributed by atoms with E-state index in [4.69, 9.17) is 5.73 Å². The van der Waals surface area contributed by atoms with Crippen molar-refractivity contribution in [2.24, 2.45) is 5.73 Å². The fourth-order valence-corrected chi connectivity index (χ4v) is 1.82. The van der Waals surface area contributed by atoms with Crippen LogP contribution in [0.5, 0.6) is 0 Å². The monoisotopic (exact) mass is 170 g/mol. The molecule has 62 valence electrons. The van der Waals surface area contributed by atoms with Crippen molar-refractivity contribution in [2.45, 2.75) is 6.04 Å². The second-order valence-corrected chi connectivity index (χ2v) is 3.55. The van der Waals surface area contributed by atoms with Crippen LogP contribution in [0.1, 0.15) is 11.6 Å². The highest BCUT2D eigenvalue weighted by molar-refractivity contribution is 7.07. The third-order valence-corrected chi connectivity index (χ3v) is 2.48. The SMILES string of the molecule is CN(C)[C@@H](CN)c1ccsc1. The Bertz CT molecular complexity index is 194. The van der Waals surface area contributed by atoms with E-state index in [1.807, 2.05) is 0 Å². The molecule has 2 nitrogen and oxygen atoms in total. The summed E-state index contributed by atoms with van der Waals surface area (Å²) in [5, 5.41) is 4.24. The van der Waals surface area contributed by atoms with Crippen molar-refractivity contribution in [3.05, 3.63) is 22.4 Å². The van der Waals surface area contributed by atoms with Crippen molar-refractivity contribution in [3.63, 3.8) is 0 Å². The van der Waals surface area contributed by atoms with Gasteiger partial charge in [0.25, 0.3) is 0 Å². The Kier molecular flexibility index (Phi) is 3.05. The van der Waals surface area contributed by atoms with Crippen LogP contribution in [0.3, 0.4) is 0 Å². The van der Waals surface area contributed by atoms with Gasteiger partial charge in [-0.15, -0.1) is 0 Å². The number of hydrogen-bond acceptors (Lipinski definition) is 3. The van der Waals surface area contributed by atoms with Gasteiger partial charge in [0.05, 0.1) is 0 Å². The maximum atomic E-state index is 5.63. The molecule has 1 rings (SSSR count). The highest BCUT2D eigenvalue weighted by atomic mass is 32.1. The maximum Gasteiger partial charge on any atom is 0.0472 e. The van der Waals surface area contributed by atoms with Crippen molar-refractivity contribution in [3.8, 4) is 0 Å². The molecule has 0 aliphatic carbocycles. The number of hydrogen-bond donors (Lipinski definition) is 1. The van der Waals surface area contributed by atoms with Gasteiger partial charge in [0.2, 0.25) is 0 Å². The summed E-state index contributed by atoms with van der Waals surface area (Å²) in [5.74, 6) is 0. The van der Waals surface area contributed by atoms with Crippen molar-refractivity contribution in [1.29, 1.82) is 0 Å². The van der Waals surface area contributed by atoms with Crippen molar-refractivity contribution in [2.75, 3.05) is 20.6 Å². The number of likely N-dealkylation sites (N-methyl/N-ethyl adjacent to an activating group) is 1. The van der Waals surface area contributed by atoms with Gasteiger partial charge in [-0.1, -0.05) is 0 Å². The molecule has 3 heteroatoms. The minimum Gasteiger partial charge on any atom is -0.329 e. The zero-order valence-electron chi connectivity index (χ0n) is 6.95. The van der Waals surface area contributed by atoms with Gasteiger partial charge in [-0.25, -0.2) is 0 Å². The normalized spacial score (nSPS) is 13.8. The summed E-state index contributed by atoms with van der Waals surface area (Å²) in [5.41, 5.74) is 6.95. The lowest BCUT2D eigenvalue weighted by Gasteiger charge is -2.21. The molecular formula is C8H14N2S. The van der Waals surface area contributed by atoms with Crippen LogP contribution in [0, 0.1) is 0 Å². The van der Waals surface area contributed by atoms with E-state index in [1.54, 1.807) is 11.3 Å². The molecule has 0 saturated heterocycles. The van der Waals surface area contributed by atoms with Crippen molar-refractivity contribution in [1.82, 2.24) is 4.90 Å². The molecular weight excluding hydrogens is 156 g/mol. The molecule has 1 aromatic heterocycles. The first-order chi connectivity index (χ1) is 5.25. The van der Waals surface area contributed by atoms with Gasteiger partial charge in [0, 0.05) is 12.6 Å². The molecule has 0 aliphatic rings. The molecule has 0 radical (unpaired) electrons. The fourth-order valence-electron chi connectivity index (χ4n) is 1.11. The highest BCUT2D eigenvalue weighted by Gasteiger charge is 2.10. The number of nitrogens with two attached hydrogens (primary N) is 1. The molecule has 0 fully saturated rings. The van der Waals surface area contributed by atoms with Gasteiger partial charge in [-0.05, 0) is 36.5 Å². The average molecular weight is 170 g/mol. The molecule has 0 spiro atoms. The second-order valence-electron chi connectivity index (χ2n) is 2.77. The van der Waals surface area contributed by atoms with E-state index in [0.717, 1.165) is 0 Å². The van der Waals surface area contributed by atoms with Crippen LogP contribution in [0.25, 0.3) is 0 Å². The Hall–Kier alpha value is -0.380. The third-order valence-electron chi connectivity index (χ3n) is 1.77. The molecule has 1 heterocycles. The van der Waals surface area contributed by atoms with Crippen molar-refractivity contribution >= 4 is 11.3 Å². The lowest BCUT2D eigenvalue weighted by molar-refractivity contribution is 0.306. The van der Waals surface area contributed by atoms with Gasteiger partial charge >= 0.3 is 0 Å². The molecule has 0 saturated carbocycles. The average Bonchev–Trinajstić information content (AvgIpc) is 2.40. The molecule has 0 aliphatic heterocycles. The zero-order valence-corrected chi connectivity index (χ0v) is 7.77. The van der Waals surface area contributed by atoms with E-state index in [9.17, 15) is 0 Å². The minimum atomic E-state index is 0.376. The topological polar surface area (TPSA) is 29.3 Å². The first kappa shape index (κ1) is 8.71. The Morgan fingerprint density at radius 3 is 2.73 bits per heavy atom. The van der Waals surface area contributed by atoms with Crippen LogP contribution >= 0.6 is 11.3 Å². The van der Waals surface area contributed by atoms with Gasteiger partial charge in [0.1, 0.15) is 0 Å². The summed E-state index contributed by atoms with van der Waals surface area (Å²) in [6, 6.07) is 2.50. The van der Waals surface area contributed by atoms with Crippen LogP contribution in [0.4, 0.5) is 0 Å². The van der Waals surface area contributed by atoms with Crippen molar-refractivity contribution < 1.29 is 0 Å². The van der Waals surface area contributed by atoms with Crippen LogP contribution < -0.4 is 5.73 Å². The maximum absolute atomic E-state index is 5.63. The molecule has 2 N–H and O–H groups in total. The molecule has 11 heavy (non-hydrogen) atoms. The molecule has 0 unspecified atom stereocenters. The molecule has 1 atom stereocenters. The van der Waals surface area contributed by atoms with E-state index < -0.39 is 0 Å². The number of thiophene rings is 1. The Morgan fingerprint density at radius 2 is 2.36 bits per heavy atom. The molecule has 0 bridgehead atoms. The molecule has 1 aromatic rings. The first-order valence-corrected chi connectivity index (χ1v) is 4.58. The molecule has 0 amide bonds. The predicted molar refractivity (Wildman–Crippen MR) is 49.8 cm³/mol. The van der Waals surface area contributed by atoms with E-state index in [-0.39, 0.29) is 0 Å². The lowest BCUT2D eigenvalue weighted by Crippen LogP contribution is -2.26. The summed E-state index contributed by atoms with van der Waals surface area (Å²) in [4.78, 5) is 2.14. The zero-order chi connectivity index (χ0) is 8.27. The summed E-state index contributed by atoms with van der Waals surface area (Å²) < 4.78 is 0. The van der Waals surface area contributed by atoms with E-state index in [1.165, 1.54) is 5.56 Å². The quantitative estimate of drug-likeness (QED) is 0.741. The van der Waals surface area contributed by atoms with Gasteiger partial charge in [-0.2, -0.15) is 11.3 Å². The van der Waals surface area contributed by atoms with Gasteiger partial charge in [0.15, 0.2) is 0 Å². The first-order valence-electron chi connectivity index (χ1n) is 3.64. The molecule has 0 aromatic carbocycles. The second kappa shape index (κ2) is 3.85. The smallest absolute Gasteiger partial charge is 0.0472 e. The summed E-state index contributed by atoms with van der Waals surface area (Å²) in [6.07, 6.45) is 0. The minimum absolute atomic E-state index is 0.376. The highest BCUT2D eigenvalue weighted by Crippen LogP contribution is 2.18. The van der Waals surface area contributed by atoms with Crippen LogP contribution in [-0.2, 0) is 0 Å². The van der Waals surface area contributed by atoms with E-state index in [2.05, 4.69) is 35.8 Å². The number of nitrogens with zero attached hydrogens (tertiary/aromatic N) is 1. The summed E-state index contributed by atoms with van der Waals surface area (Å²) in [6.45, 7) is 0.684. The van der Waals surface area contributed by atoms with E-state index in [0.29, 0.717) is 12.6 Å². The third kappa shape index (κ3) is 2.02. The van der Waals surface area contributed by atoms with Gasteiger partial charge < -0.3 is 10.6 Å². The Labute approximate surface area is 71.6 Å². The number of rotatable bonds is 3. The summed E-state index contributed by atoms with van der Waals surface area (Å²) >= 11 is 1.72. The Morgan fingerprint density at radius 1 is 1.64 bits per heavy atom. The van der Waals surface area contributed by atoms with Gasteiger partial charge in [-0.3, -0.25) is 0 Å². The van der Waals surface area contributed by atoms with E-state index >= 15 is 0 Å². The fraction of sp³-hybridized carbons (Fsp3) is 0.500. The van der Waals surface area contributed by atoms with Crippen LogP contribution in [0.15, 0.2) is 16.8 Å². The Balaban J connectivity index is 2.71. The largest absolute Gasteiger partial charge is 0.329 e. The standard InChI is InChI=1S/C8H14N2S/c1-10(2)8(5-9)7-3-4-11-6-7/h3-4,6,8H,5,9H2,1-2H3/t8-/m0/s1. The van der Waals surface area contributed by atoms with Crippen LogP contribution in [-0.4, -0.2) is 25.5 Å².